The number of hydrogen-bond acceptors (Lipinski definition) is 6. The van der Waals surface area contributed by atoms with Crippen molar-refractivity contribution in [2.24, 2.45) is 0 Å². The van der Waals surface area contributed by atoms with Crippen LogP contribution in [0, 0.1) is 0 Å². The maximum atomic E-state index is 12.7. The SMILES string of the molecule is CN(Cc1ccc2c(c1)CN(C1CCC(=O)NC1=O)C2=O)[C@@H]1CNC[C@H]1O. The number of rotatable bonds is 4. The fraction of sp³-hybridized carbons (Fsp3) is 0.526. The molecule has 2 saturated heterocycles. The number of nitrogens with zero attached hydrogens (tertiary/aromatic N) is 2. The summed E-state index contributed by atoms with van der Waals surface area (Å²) in [6, 6.07) is 5.23. The van der Waals surface area contributed by atoms with Crippen molar-refractivity contribution in [3.8, 4) is 0 Å². The van der Waals surface area contributed by atoms with E-state index in [9.17, 15) is 19.5 Å². The Bertz CT molecular complexity index is 796. The zero-order valence-corrected chi connectivity index (χ0v) is 15.3. The van der Waals surface area contributed by atoms with Gasteiger partial charge in [-0.25, -0.2) is 0 Å². The Morgan fingerprint density at radius 3 is 2.78 bits per heavy atom. The molecule has 0 radical (unpaired) electrons. The highest BCUT2D eigenvalue weighted by Gasteiger charge is 2.39. The summed E-state index contributed by atoms with van der Waals surface area (Å²) < 4.78 is 0. The molecule has 1 aromatic rings. The lowest BCUT2D eigenvalue weighted by molar-refractivity contribution is -0.136. The molecule has 3 N–H and O–H groups in total. The summed E-state index contributed by atoms with van der Waals surface area (Å²) in [6.07, 6.45) is 0.241. The number of carbonyl (C=O) groups excluding carboxylic acids is 3. The maximum absolute atomic E-state index is 12.7. The zero-order chi connectivity index (χ0) is 19.1. The van der Waals surface area contributed by atoms with Crippen molar-refractivity contribution in [1.82, 2.24) is 20.4 Å². The van der Waals surface area contributed by atoms with Crippen LogP contribution >= 0.6 is 0 Å². The molecule has 0 aliphatic carbocycles. The number of β-amino-alcohol motifs (C(OH)–C–C–N with tert-alkyl or cyclic N) is 1. The summed E-state index contributed by atoms with van der Waals surface area (Å²) in [7, 11) is 1.98. The number of fused-ring (bicyclic) bond motifs is 1. The summed E-state index contributed by atoms with van der Waals surface area (Å²) >= 11 is 0. The van der Waals surface area contributed by atoms with Crippen LogP contribution in [0.3, 0.4) is 0 Å². The molecule has 0 saturated carbocycles. The summed E-state index contributed by atoms with van der Waals surface area (Å²) in [5.41, 5.74) is 2.59. The largest absolute Gasteiger partial charge is 0.390 e. The van der Waals surface area contributed by atoms with Crippen LogP contribution in [-0.4, -0.2) is 71.0 Å². The lowest BCUT2D eigenvalue weighted by Crippen LogP contribution is -2.52. The van der Waals surface area contributed by atoms with E-state index >= 15 is 0 Å². The number of hydrogen-bond donors (Lipinski definition) is 3. The Labute approximate surface area is 157 Å². The van der Waals surface area contributed by atoms with Crippen molar-refractivity contribution >= 4 is 17.7 Å². The Morgan fingerprint density at radius 2 is 2.07 bits per heavy atom. The van der Waals surface area contributed by atoms with Crippen LogP contribution < -0.4 is 10.6 Å². The van der Waals surface area contributed by atoms with Crippen molar-refractivity contribution in [2.75, 3.05) is 20.1 Å². The predicted molar refractivity (Wildman–Crippen MR) is 96.6 cm³/mol. The highest BCUT2D eigenvalue weighted by Crippen LogP contribution is 2.28. The molecule has 8 heteroatoms. The van der Waals surface area contributed by atoms with E-state index in [1.54, 1.807) is 4.90 Å². The molecule has 0 aromatic heterocycles. The van der Waals surface area contributed by atoms with Crippen LogP contribution in [-0.2, 0) is 22.7 Å². The summed E-state index contributed by atoms with van der Waals surface area (Å²) in [6.45, 7) is 2.41. The van der Waals surface area contributed by atoms with Crippen molar-refractivity contribution in [1.29, 1.82) is 0 Å². The maximum Gasteiger partial charge on any atom is 0.255 e. The number of carbonyl (C=O) groups is 3. The highest BCUT2D eigenvalue weighted by atomic mass is 16.3. The Balaban J connectivity index is 1.47. The molecule has 3 aliphatic rings. The van der Waals surface area contributed by atoms with E-state index in [1.807, 2.05) is 25.2 Å². The van der Waals surface area contributed by atoms with E-state index in [0.29, 0.717) is 31.6 Å². The minimum Gasteiger partial charge on any atom is -0.390 e. The van der Waals surface area contributed by atoms with Crippen LogP contribution in [0.1, 0.15) is 34.3 Å². The van der Waals surface area contributed by atoms with E-state index in [2.05, 4.69) is 15.5 Å². The second-order valence-electron chi connectivity index (χ2n) is 7.60. The van der Waals surface area contributed by atoms with Crippen LogP contribution in [0.15, 0.2) is 18.2 Å². The van der Waals surface area contributed by atoms with Gasteiger partial charge in [-0.15, -0.1) is 0 Å². The first kappa shape index (κ1) is 18.1. The molecule has 3 aliphatic heterocycles. The molecule has 8 nitrogen and oxygen atoms in total. The van der Waals surface area contributed by atoms with Crippen LogP contribution in [0.25, 0.3) is 0 Å². The van der Waals surface area contributed by atoms with Crippen molar-refractivity contribution in [3.05, 3.63) is 34.9 Å². The van der Waals surface area contributed by atoms with E-state index in [1.165, 1.54) is 0 Å². The molecule has 3 atom stereocenters. The van der Waals surface area contributed by atoms with Gasteiger partial charge in [0.15, 0.2) is 0 Å². The molecule has 2 fully saturated rings. The monoisotopic (exact) mass is 372 g/mol. The van der Waals surface area contributed by atoms with E-state index in [0.717, 1.165) is 17.7 Å². The molecular formula is C19H24N4O4. The lowest BCUT2D eigenvalue weighted by Gasteiger charge is -2.29. The molecule has 4 rings (SSSR count). The van der Waals surface area contributed by atoms with Crippen LogP contribution in [0.4, 0.5) is 0 Å². The van der Waals surface area contributed by atoms with Crippen molar-refractivity contribution in [2.45, 2.75) is 44.1 Å². The normalized spacial score (nSPS) is 28.0. The van der Waals surface area contributed by atoms with Gasteiger partial charge in [0.05, 0.1) is 6.10 Å². The van der Waals surface area contributed by atoms with Crippen molar-refractivity contribution in [3.63, 3.8) is 0 Å². The van der Waals surface area contributed by atoms with Gasteiger partial charge in [-0.1, -0.05) is 12.1 Å². The third-order valence-corrected chi connectivity index (χ3v) is 5.74. The van der Waals surface area contributed by atoms with Crippen LogP contribution in [0.2, 0.25) is 0 Å². The smallest absolute Gasteiger partial charge is 0.255 e. The van der Waals surface area contributed by atoms with Gasteiger partial charge >= 0.3 is 0 Å². The van der Waals surface area contributed by atoms with Gasteiger partial charge in [0.1, 0.15) is 6.04 Å². The molecule has 27 heavy (non-hydrogen) atoms. The minimum atomic E-state index is -0.589. The average Bonchev–Trinajstić information content (AvgIpc) is 3.19. The molecule has 0 spiro atoms. The first-order valence-corrected chi connectivity index (χ1v) is 9.29. The molecule has 144 valence electrons. The predicted octanol–water partition coefficient (Wildman–Crippen LogP) is -0.788. The number of nitrogens with one attached hydrogen (secondary N) is 2. The van der Waals surface area contributed by atoms with Crippen LogP contribution in [0.5, 0.6) is 0 Å². The van der Waals surface area contributed by atoms with Gasteiger partial charge < -0.3 is 15.3 Å². The molecule has 0 bridgehead atoms. The lowest BCUT2D eigenvalue weighted by atomic mass is 10.0. The quantitative estimate of drug-likeness (QED) is 0.599. The van der Waals surface area contributed by atoms with Gasteiger partial charge in [-0.3, -0.25) is 24.6 Å². The highest BCUT2D eigenvalue weighted by molar-refractivity contribution is 6.05. The number of aliphatic hydroxyl groups is 1. The zero-order valence-electron chi connectivity index (χ0n) is 15.3. The van der Waals surface area contributed by atoms with Crippen molar-refractivity contribution < 1.29 is 19.5 Å². The second kappa shape index (κ2) is 7.03. The molecule has 1 unspecified atom stereocenters. The average molecular weight is 372 g/mol. The van der Waals surface area contributed by atoms with Gasteiger partial charge in [0.25, 0.3) is 5.91 Å². The standard InChI is InChI=1S/C19H24N4O4/c1-22(15-7-20-8-16(15)24)9-11-2-3-13-12(6-11)10-23(19(13)27)14-4-5-17(25)21-18(14)26/h2-3,6,14-16,20,24H,4-5,7-10H2,1H3,(H,21,25,26)/t14?,15-,16-/m1/s1. The number of benzene rings is 1. The van der Waals surface area contributed by atoms with E-state index in [4.69, 9.17) is 0 Å². The Morgan fingerprint density at radius 1 is 1.26 bits per heavy atom. The van der Waals surface area contributed by atoms with Gasteiger partial charge in [-0.2, -0.15) is 0 Å². The second-order valence-corrected chi connectivity index (χ2v) is 7.60. The molecule has 3 amide bonds. The first-order valence-electron chi connectivity index (χ1n) is 9.29. The van der Waals surface area contributed by atoms with Gasteiger partial charge in [0.2, 0.25) is 11.8 Å². The third-order valence-electron chi connectivity index (χ3n) is 5.74. The van der Waals surface area contributed by atoms with E-state index in [-0.39, 0.29) is 30.4 Å². The summed E-state index contributed by atoms with van der Waals surface area (Å²) in [4.78, 5) is 39.9. The number of amides is 3. The molecular weight excluding hydrogens is 348 g/mol. The third kappa shape index (κ3) is 3.36. The molecule has 1 aromatic carbocycles. The number of likely N-dealkylation sites (N-methyl/N-ethyl adjacent to an activating group) is 1. The summed E-state index contributed by atoms with van der Waals surface area (Å²) in [5.74, 6) is -0.834. The first-order chi connectivity index (χ1) is 12.9. The fourth-order valence-electron chi connectivity index (χ4n) is 4.23. The fourth-order valence-corrected chi connectivity index (χ4v) is 4.23. The molecule has 3 heterocycles. The number of piperidine rings is 1. The summed E-state index contributed by atoms with van der Waals surface area (Å²) in [5, 5.41) is 15.5. The van der Waals surface area contributed by atoms with Gasteiger partial charge in [0, 0.05) is 44.2 Å². The number of aliphatic hydroxyl groups excluding tert-OH is 1. The minimum absolute atomic E-state index is 0.0693. The number of imide groups is 1. The van der Waals surface area contributed by atoms with Gasteiger partial charge in [-0.05, 0) is 30.7 Å². The van der Waals surface area contributed by atoms with E-state index < -0.39 is 11.9 Å². The topological polar surface area (TPSA) is 102 Å². The Kier molecular flexibility index (Phi) is 4.71. The Hall–Kier alpha value is -2.29.